The fourth-order valence-electron chi connectivity index (χ4n) is 2.29. The van der Waals surface area contributed by atoms with E-state index < -0.39 is 5.82 Å². The Morgan fingerprint density at radius 3 is 2.40 bits per heavy atom. The van der Waals surface area contributed by atoms with E-state index in [0.29, 0.717) is 23.6 Å². The minimum absolute atomic E-state index is 0.0404. The number of carbonyl (C=O) groups excluding carboxylic acids is 2. The third-order valence-corrected chi connectivity index (χ3v) is 3.55. The molecule has 0 atom stereocenters. The lowest BCUT2D eigenvalue weighted by Gasteiger charge is -2.21. The molecule has 0 heterocycles. The third kappa shape index (κ3) is 5.60. The van der Waals surface area contributed by atoms with Gasteiger partial charge in [-0.2, -0.15) is 0 Å². The normalized spacial score (nSPS) is 10.2. The fraction of sp³-hybridized carbons (Fsp3) is 0.263. The molecule has 0 aliphatic rings. The standard InChI is InChI=1S/C19H21FN2O3/c1-3-25-17-10-8-16(9-11-17)21-19(24)13-22(14(2)23)12-15-6-4-5-7-18(15)20/h4-11H,3,12-13H2,1-2H3,(H,21,24). The number of rotatable bonds is 7. The van der Waals surface area contributed by atoms with Crippen molar-refractivity contribution in [3.8, 4) is 5.75 Å². The summed E-state index contributed by atoms with van der Waals surface area (Å²) in [5.41, 5.74) is 0.967. The maximum atomic E-state index is 13.7. The lowest BCUT2D eigenvalue weighted by molar-refractivity contribution is -0.133. The minimum Gasteiger partial charge on any atom is -0.494 e. The molecule has 0 fully saturated rings. The Labute approximate surface area is 146 Å². The second kappa shape index (κ2) is 8.82. The monoisotopic (exact) mass is 344 g/mol. The van der Waals surface area contributed by atoms with Crippen LogP contribution in [0.4, 0.5) is 10.1 Å². The highest BCUT2D eigenvalue weighted by atomic mass is 19.1. The van der Waals surface area contributed by atoms with Crippen LogP contribution in [-0.4, -0.2) is 29.9 Å². The van der Waals surface area contributed by atoms with Crippen molar-refractivity contribution in [3.05, 3.63) is 59.9 Å². The molecule has 25 heavy (non-hydrogen) atoms. The van der Waals surface area contributed by atoms with Gasteiger partial charge in [0.15, 0.2) is 0 Å². The molecule has 0 unspecified atom stereocenters. The Morgan fingerprint density at radius 1 is 1.12 bits per heavy atom. The second-order valence-electron chi connectivity index (χ2n) is 5.47. The van der Waals surface area contributed by atoms with Crippen LogP contribution in [0, 0.1) is 5.82 Å². The Bertz CT molecular complexity index is 732. The van der Waals surface area contributed by atoms with Gasteiger partial charge < -0.3 is 15.0 Å². The molecule has 2 rings (SSSR count). The van der Waals surface area contributed by atoms with E-state index in [2.05, 4.69) is 5.32 Å². The number of anilines is 1. The first-order chi connectivity index (χ1) is 12.0. The number of nitrogens with one attached hydrogen (secondary N) is 1. The van der Waals surface area contributed by atoms with Gasteiger partial charge in [0.1, 0.15) is 18.1 Å². The summed E-state index contributed by atoms with van der Waals surface area (Å²) in [6.45, 7) is 3.69. The molecule has 0 saturated heterocycles. The van der Waals surface area contributed by atoms with E-state index in [-0.39, 0.29) is 24.9 Å². The molecular formula is C19H21FN2O3. The highest BCUT2D eigenvalue weighted by molar-refractivity contribution is 5.94. The summed E-state index contributed by atoms with van der Waals surface area (Å²) in [5, 5.41) is 2.71. The largest absolute Gasteiger partial charge is 0.494 e. The summed E-state index contributed by atoms with van der Waals surface area (Å²) in [5.74, 6) is -0.341. The van der Waals surface area contributed by atoms with Gasteiger partial charge in [-0.05, 0) is 37.3 Å². The lowest BCUT2D eigenvalue weighted by atomic mass is 10.2. The summed E-state index contributed by atoms with van der Waals surface area (Å²) in [4.78, 5) is 25.2. The van der Waals surface area contributed by atoms with Crippen LogP contribution >= 0.6 is 0 Å². The molecule has 2 aromatic rings. The maximum Gasteiger partial charge on any atom is 0.244 e. The smallest absolute Gasteiger partial charge is 0.244 e. The summed E-state index contributed by atoms with van der Waals surface area (Å²) >= 11 is 0. The Morgan fingerprint density at radius 2 is 1.80 bits per heavy atom. The van der Waals surface area contributed by atoms with Crippen LogP contribution in [0.3, 0.4) is 0 Å². The van der Waals surface area contributed by atoms with Crippen LogP contribution < -0.4 is 10.1 Å². The van der Waals surface area contributed by atoms with Crippen LogP contribution in [0.2, 0.25) is 0 Å². The zero-order valence-electron chi connectivity index (χ0n) is 14.3. The summed E-state index contributed by atoms with van der Waals surface area (Å²) in [6, 6.07) is 13.1. The van der Waals surface area contributed by atoms with Gasteiger partial charge in [-0.3, -0.25) is 9.59 Å². The Kier molecular flexibility index (Phi) is 6.51. The van der Waals surface area contributed by atoms with Gasteiger partial charge in [0.2, 0.25) is 11.8 Å². The summed E-state index contributed by atoms with van der Waals surface area (Å²) in [6.07, 6.45) is 0. The molecule has 6 heteroatoms. The molecule has 5 nitrogen and oxygen atoms in total. The molecule has 0 saturated carbocycles. The molecule has 0 radical (unpaired) electrons. The average molecular weight is 344 g/mol. The Balaban J connectivity index is 1.98. The van der Waals surface area contributed by atoms with Gasteiger partial charge in [0.05, 0.1) is 6.61 Å². The van der Waals surface area contributed by atoms with Gasteiger partial charge in [-0.25, -0.2) is 4.39 Å². The first kappa shape index (κ1) is 18.4. The first-order valence-corrected chi connectivity index (χ1v) is 8.01. The van der Waals surface area contributed by atoms with Crippen molar-refractivity contribution in [2.24, 2.45) is 0 Å². The molecule has 0 spiro atoms. The van der Waals surface area contributed by atoms with Gasteiger partial charge in [-0.1, -0.05) is 18.2 Å². The summed E-state index contributed by atoms with van der Waals surface area (Å²) in [7, 11) is 0. The fourth-order valence-corrected chi connectivity index (χ4v) is 2.29. The number of hydrogen-bond donors (Lipinski definition) is 1. The van der Waals surface area contributed by atoms with Crippen molar-refractivity contribution in [2.45, 2.75) is 20.4 Å². The van der Waals surface area contributed by atoms with E-state index in [1.807, 2.05) is 6.92 Å². The van der Waals surface area contributed by atoms with E-state index >= 15 is 0 Å². The topological polar surface area (TPSA) is 58.6 Å². The van der Waals surface area contributed by atoms with E-state index in [4.69, 9.17) is 4.74 Å². The number of benzene rings is 2. The minimum atomic E-state index is -0.402. The molecular weight excluding hydrogens is 323 g/mol. The molecule has 1 N–H and O–H groups in total. The van der Waals surface area contributed by atoms with E-state index in [0.717, 1.165) is 0 Å². The third-order valence-electron chi connectivity index (χ3n) is 3.55. The predicted molar refractivity (Wildman–Crippen MR) is 93.7 cm³/mol. The summed E-state index contributed by atoms with van der Waals surface area (Å²) < 4.78 is 19.1. The van der Waals surface area contributed by atoms with Crippen LogP contribution in [0.25, 0.3) is 0 Å². The molecule has 0 bridgehead atoms. The van der Waals surface area contributed by atoms with Crippen molar-refractivity contribution in [1.82, 2.24) is 4.90 Å². The van der Waals surface area contributed by atoms with E-state index in [1.165, 1.54) is 17.9 Å². The molecule has 2 aromatic carbocycles. The number of amides is 2. The molecule has 0 aliphatic carbocycles. The maximum absolute atomic E-state index is 13.7. The van der Waals surface area contributed by atoms with Crippen LogP contribution in [-0.2, 0) is 16.1 Å². The molecule has 0 aromatic heterocycles. The highest BCUT2D eigenvalue weighted by Crippen LogP contribution is 2.16. The Hall–Kier alpha value is -2.89. The average Bonchev–Trinajstić information content (AvgIpc) is 2.58. The molecule has 2 amide bonds. The van der Waals surface area contributed by atoms with Crippen LogP contribution in [0.1, 0.15) is 19.4 Å². The molecule has 132 valence electrons. The zero-order chi connectivity index (χ0) is 18.2. The van der Waals surface area contributed by atoms with Gasteiger partial charge in [0.25, 0.3) is 0 Å². The second-order valence-corrected chi connectivity index (χ2v) is 5.47. The van der Waals surface area contributed by atoms with Crippen molar-refractivity contribution in [3.63, 3.8) is 0 Å². The van der Waals surface area contributed by atoms with E-state index in [1.54, 1.807) is 42.5 Å². The number of carbonyl (C=O) groups is 2. The zero-order valence-corrected chi connectivity index (χ0v) is 14.3. The predicted octanol–water partition coefficient (Wildman–Crippen LogP) is 3.21. The van der Waals surface area contributed by atoms with Crippen molar-refractivity contribution in [2.75, 3.05) is 18.5 Å². The SMILES string of the molecule is CCOc1ccc(NC(=O)CN(Cc2ccccc2F)C(C)=O)cc1. The number of nitrogens with zero attached hydrogens (tertiary/aromatic N) is 1. The van der Waals surface area contributed by atoms with Crippen molar-refractivity contribution < 1.29 is 18.7 Å². The first-order valence-electron chi connectivity index (χ1n) is 8.01. The van der Waals surface area contributed by atoms with Crippen molar-refractivity contribution >= 4 is 17.5 Å². The number of halogens is 1. The van der Waals surface area contributed by atoms with Crippen LogP contribution in [0.5, 0.6) is 5.75 Å². The van der Waals surface area contributed by atoms with Gasteiger partial charge in [0, 0.05) is 24.7 Å². The highest BCUT2D eigenvalue weighted by Gasteiger charge is 2.16. The van der Waals surface area contributed by atoms with Crippen LogP contribution in [0.15, 0.2) is 48.5 Å². The lowest BCUT2D eigenvalue weighted by Crippen LogP contribution is -2.36. The van der Waals surface area contributed by atoms with Crippen molar-refractivity contribution in [1.29, 1.82) is 0 Å². The molecule has 0 aliphatic heterocycles. The van der Waals surface area contributed by atoms with E-state index in [9.17, 15) is 14.0 Å². The van der Waals surface area contributed by atoms with Gasteiger partial charge in [-0.15, -0.1) is 0 Å². The quantitative estimate of drug-likeness (QED) is 0.839. The number of hydrogen-bond acceptors (Lipinski definition) is 3. The van der Waals surface area contributed by atoms with Gasteiger partial charge >= 0.3 is 0 Å². The number of ether oxygens (including phenoxy) is 1.